The van der Waals surface area contributed by atoms with Crippen LogP contribution in [0, 0.1) is 6.92 Å². The van der Waals surface area contributed by atoms with E-state index in [2.05, 4.69) is 26.2 Å². The predicted octanol–water partition coefficient (Wildman–Crippen LogP) is 3.21. The summed E-state index contributed by atoms with van der Waals surface area (Å²) in [5.74, 6) is 0.244. The number of aromatic hydroxyl groups is 1. The van der Waals surface area contributed by atoms with Gasteiger partial charge in [0.15, 0.2) is 0 Å². The van der Waals surface area contributed by atoms with Gasteiger partial charge in [-0.1, -0.05) is 0 Å². The fourth-order valence-corrected chi connectivity index (χ4v) is 2.94. The number of pyridine rings is 1. The Kier molecular flexibility index (Phi) is 4.15. The van der Waals surface area contributed by atoms with Crippen molar-refractivity contribution in [1.29, 1.82) is 0 Å². The molecule has 5 heteroatoms. The van der Waals surface area contributed by atoms with Gasteiger partial charge in [-0.3, -0.25) is 4.98 Å². The summed E-state index contributed by atoms with van der Waals surface area (Å²) in [5, 5.41) is 15.0. The lowest BCUT2D eigenvalue weighted by atomic mass is 10.3. The second-order valence-corrected chi connectivity index (χ2v) is 5.57. The van der Waals surface area contributed by atoms with Crippen LogP contribution in [0.25, 0.3) is 0 Å². The minimum absolute atomic E-state index is 0.244. The van der Waals surface area contributed by atoms with Crippen LogP contribution >= 0.6 is 27.3 Å². The van der Waals surface area contributed by atoms with E-state index in [0.29, 0.717) is 12.2 Å². The lowest BCUT2D eigenvalue weighted by molar-refractivity contribution is 0.459. The smallest absolute Gasteiger partial charge is 0.138 e. The molecule has 0 saturated carbocycles. The highest BCUT2D eigenvalue weighted by molar-refractivity contribution is 9.10. The highest BCUT2D eigenvalue weighted by Crippen LogP contribution is 2.22. The molecule has 0 aromatic carbocycles. The van der Waals surface area contributed by atoms with E-state index in [-0.39, 0.29) is 5.75 Å². The van der Waals surface area contributed by atoms with Crippen LogP contribution in [-0.2, 0) is 13.1 Å². The number of hydrogen-bond acceptors (Lipinski definition) is 4. The Balaban J connectivity index is 1.94. The highest BCUT2D eigenvalue weighted by atomic mass is 79.9. The predicted molar refractivity (Wildman–Crippen MR) is 73.2 cm³/mol. The van der Waals surface area contributed by atoms with Gasteiger partial charge in [-0.15, -0.1) is 11.3 Å². The molecule has 0 aliphatic rings. The lowest BCUT2D eigenvalue weighted by Gasteiger charge is -2.06. The van der Waals surface area contributed by atoms with Crippen LogP contribution in [-0.4, -0.2) is 10.1 Å². The molecule has 0 unspecified atom stereocenters. The molecule has 0 spiro atoms. The summed E-state index contributed by atoms with van der Waals surface area (Å²) in [5.41, 5.74) is 1.61. The zero-order valence-electron chi connectivity index (χ0n) is 9.40. The van der Waals surface area contributed by atoms with Gasteiger partial charge < -0.3 is 10.4 Å². The number of nitrogens with zero attached hydrogens (tertiary/aromatic N) is 1. The maximum absolute atomic E-state index is 9.64. The van der Waals surface area contributed by atoms with E-state index in [0.717, 1.165) is 16.7 Å². The number of hydrogen-bond donors (Lipinski definition) is 2. The zero-order chi connectivity index (χ0) is 12.3. The van der Waals surface area contributed by atoms with Gasteiger partial charge in [-0.25, -0.2) is 0 Å². The van der Waals surface area contributed by atoms with Gasteiger partial charge in [0, 0.05) is 28.1 Å². The molecule has 0 aliphatic heterocycles. The van der Waals surface area contributed by atoms with Crippen molar-refractivity contribution in [3.8, 4) is 5.75 Å². The van der Waals surface area contributed by atoms with Gasteiger partial charge in [0.2, 0.25) is 0 Å². The maximum Gasteiger partial charge on any atom is 0.138 e. The van der Waals surface area contributed by atoms with E-state index in [9.17, 15) is 5.11 Å². The summed E-state index contributed by atoms with van der Waals surface area (Å²) in [4.78, 5) is 5.54. The molecule has 2 aromatic heterocycles. The molecular weight excluding hydrogens is 300 g/mol. The summed E-state index contributed by atoms with van der Waals surface area (Å²) >= 11 is 5.18. The second kappa shape index (κ2) is 5.62. The van der Waals surface area contributed by atoms with Crippen molar-refractivity contribution in [2.75, 3.05) is 0 Å². The monoisotopic (exact) mass is 312 g/mol. The number of aromatic nitrogens is 1. The minimum Gasteiger partial charge on any atom is -0.506 e. The molecule has 2 rings (SSSR count). The molecule has 90 valence electrons. The molecule has 3 nitrogen and oxygen atoms in total. The van der Waals surface area contributed by atoms with Crippen molar-refractivity contribution in [2.24, 2.45) is 0 Å². The normalized spacial score (nSPS) is 10.7. The molecule has 0 radical (unpaired) electrons. The molecule has 0 fully saturated rings. The van der Waals surface area contributed by atoms with E-state index in [1.54, 1.807) is 23.5 Å². The van der Waals surface area contributed by atoms with E-state index >= 15 is 0 Å². The average molecular weight is 313 g/mol. The molecule has 0 aliphatic carbocycles. The van der Waals surface area contributed by atoms with Crippen molar-refractivity contribution in [2.45, 2.75) is 20.0 Å². The van der Waals surface area contributed by atoms with Crippen molar-refractivity contribution >= 4 is 27.3 Å². The topological polar surface area (TPSA) is 45.1 Å². The van der Waals surface area contributed by atoms with Crippen LogP contribution in [0.3, 0.4) is 0 Å². The molecular formula is C12H13BrN2OS. The van der Waals surface area contributed by atoms with E-state index < -0.39 is 0 Å². The summed E-state index contributed by atoms with van der Waals surface area (Å²) in [6.07, 6.45) is 0. The van der Waals surface area contributed by atoms with Gasteiger partial charge >= 0.3 is 0 Å². The molecule has 0 amide bonds. The molecule has 0 bridgehead atoms. The maximum atomic E-state index is 9.64. The van der Waals surface area contributed by atoms with E-state index in [1.807, 2.05) is 18.4 Å². The molecule has 2 N–H and O–H groups in total. The number of thiophene rings is 1. The molecule has 17 heavy (non-hydrogen) atoms. The molecule has 2 heterocycles. The van der Waals surface area contributed by atoms with E-state index in [1.165, 1.54) is 4.88 Å². The number of halogens is 1. The van der Waals surface area contributed by atoms with Crippen LogP contribution in [0.4, 0.5) is 0 Å². The van der Waals surface area contributed by atoms with Gasteiger partial charge in [0.25, 0.3) is 0 Å². The Morgan fingerprint density at radius 3 is 2.88 bits per heavy atom. The van der Waals surface area contributed by atoms with Crippen LogP contribution in [0.1, 0.15) is 16.3 Å². The van der Waals surface area contributed by atoms with Crippen LogP contribution in [0.15, 0.2) is 28.1 Å². The first kappa shape index (κ1) is 12.5. The first-order chi connectivity index (χ1) is 8.16. The van der Waals surface area contributed by atoms with Crippen LogP contribution < -0.4 is 5.32 Å². The second-order valence-electron chi connectivity index (χ2n) is 3.71. The lowest BCUT2D eigenvalue weighted by Crippen LogP contribution is -2.13. The fourth-order valence-electron chi connectivity index (χ4n) is 1.48. The van der Waals surface area contributed by atoms with E-state index in [4.69, 9.17) is 0 Å². The van der Waals surface area contributed by atoms with Gasteiger partial charge in [0.1, 0.15) is 5.75 Å². The summed E-state index contributed by atoms with van der Waals surface area (Å²) < 4.78 is 1.12. The third-order valence-electron chi connectivity index (χ3n) is 2.36. The van der Waals surface area contributed by atoms with Gasteiger partial charge in [-0.2, -0.15) is 0 Å². The Bertz CT molecular complexity index is 513. The number of aryl methyl sites for hydroxylation is 1. The average Bonchev–Trinajstić information content (AvgIpc) is 2.70. The Morgan fingerprint density at radius 1 is 1.35 bits per heavy atom. The number of rotatable bonds is 4. The van der Waals surface area contributed by atoms with Crippen molar-refractivity contribution in [1.82, 2.24) is 10.3 Å². The molecule has 2 aromatic rings. The summed E-state index contributed by atoms with van der Waals surface area (Å²) in [7, 11) is 0. The standard InChI is InChI=1S/C12H13BrN2OS/c1-8-2-3-11(16)10(15-8)6-14-7-12-9(13)4-5-17-12/h2-5,14,16H,6-7H2,1H3. The van der Waals surface area contributed by atoms with Crippen molar-refractivity contribution < 1.29 is 5.11 Å². The zero-order valence-corrected chi connectivity index (χ0v) is 11.8. The van der Waals surface area contributed by atoms with Crippen molar-refractivity contribution in [3.05, 3.63) is 44.3 Å². The fraction of sp³-hybridized carbons (Fsp3) is 0.250. The third-order valence-corrected chi connectivity index (χ3v) is 4.28. The van der Waals surface area contributed by atoms with Crippen LogP contribution in [0.5, 0.6) is 5.75 Å². The van der Waals surface area contributed by atoms with Crippen molar-refractivity contribution in [3.63, 3.8) is 0 Å². The van der Waals surface area contributed by atoms with Crippen LogP contribution in [0.2, 0.25) is 0 Å². The Labute approximate surface area is 113 Å². The third kappa shape index (κ3) is 3.28. The first-order valence-corrected chi connectivity index (χ1v) is 6.92. The summed E-state index contributed by atoms with van der Waals surface area (Å²) in [6, 6.07) is 5.51. The Morgan fingerprint density at radius 2 is 2.18 bits per heavy atom. The Hall–Kier alpha value is -0.910. The minimum atomic E-state index is 0.244. The first-order valence-electron chi connectivity index (χ1n) is 5.25. The summed E-state index contributed by atoms with van der Waals surface area (Å²) in [6.45, 7) is 3.25. The SMILES string of the molecule is Cc1ccc(O)c(CNCc2sccc2Br)n1. The van der Waals surface area contributed by atoms with Gasteiger partial charge in [-0.05, 0) is 46.4 Å². The number of nitrogens with one attached hydrogen (secondary N) is 1. The van der Waals surface area contributed by atoms with Gasteiger partial charge in [0.05, 0.1) is 5.69 Å². The molecule has 0 saturated heterocycles. The largest absolute Gasteiger partial charge is 0.506 e. The quantitative estimate of drug-likeness (QED) is 0.911. The molecule has 0 atom stereocenters. The highest BCUT2D eigenvalue weighted by Gasteiger charge is 2.04.